The molecular weight excluding hydrogens is 294 g/mol. The second-order valence-electron chi connectivity index (χ2n) is 6.06. The van der Waals surface area contributed by atoms with E-state index in [1.807, 2.05) is 24.3 Å². The number of carbonyl (C=O) groups is 2. The molecule has 0 aliphatic heterocycles. The lowest BCUT2D eigenvalue weighted by molar-refractivity contribution is -0.128. The number of ether oxygens (including phenoxy) is 1. The molecule has 126 valence electrons. The van der Waals surface area contributed by atoms with Gasteiger partial charge in [-0.15, -0.1) is 0 Å². The third-order valence-electron chi connectivity index (χ3n) is 4.01. The van der Waals surface area contributed by atoms with E-state index in [2.05, 4.69) is 10.6 Å². The van der Waals surface area contributed by atoms with Crippen molar-refractivity contribution in [2.24, 2.45) is 11.7 Å². The first-order valence-electron chi connectivity index (χ1n) is 7.93. The van der Waals surface area contributed by atoms with Crippen molar-refractivity contribution in [1.29, 1.82) is 0 Å². The summed E-state index contributed by atoms with van der Waals surface area (Å²) in [4.78, 5) is 23.8. The first kappa shape index (κ1) is 17.3. The second-order valence-corrected chi connectivity index (χ2v) is 6.06. The molecule has 6 heteroatoms. The topological polar surface area (TPSA) is 93.4 Å². The lowest BCUT2D eigenvalue weighted by Gasteiger charge is -2.19. The van der Waals surface area contributed by atoms with E-state index in [1.54, 1.807) is 7.11 Å². The molecule has 1 aromatic carbocycles. The van der Waals surface area contributed by atoms with E-state index >= 15 is 0 Å². The van der Waals surface area contributed by atoms with Crippen molar-refractivity contribution in [3.63, 3.8) is 0 Å². The average Bonchev–Trinajstić information content (AvgIpc) is 3.36. The van der Waals surface area contributed by atoms with E-state index in [0.29, 0.717) is 18.9 Å². The van der Waals surface area contributed by atoms with Gasteiger partial charge >= 0.3 is 0 Å². The molecule has 23 heavy (non-hydrogen) atoms. The van der Waals surface area contributed by atoms with Gasteiger partial charge in [0.15, 0.2) is 0 Å². The van der Waals surface area contributed by atoms with Crippen molar-refractivity contribution in [1.82, 2.24) is 10.6 Å². The number of hydrogen-bond donors (Lipinski definition) is 3. The van der Waals surface area contributed by atoms with E-state index in [9.17, 15) is 9.59 Å². The molecule has 2 atom stereocenters. The number of methoxy groups -OCH3 is 1. The Bertz CT molecular complexity index is 558. The predicted molar refractivity (Wildman–Crippen MR) is 88.0 cm³/mol. The van der Waals surface area contributed by atoms with E-state index in [-0.39, 0.29) is 17.9 Å². The maximum atomic E-state index is 12.4. The highest BCUT2D eigenvalue weighted by Crippen LogP contribution is 2.31. The minimum atomic E-state index is -0.619. The van der Waals surface area contributed by atoms with Crippen LogP contribution in [0.5, 0.6) is 5.75 Å². The monoisotopic (exact) mass is 319 g/mol. The Morgan fingerprint density at radius 3 is 2.74 bits per heavy atom. The quantitative estimate of drug-likeness (QED) is 0.654. The van der Waals surface area contributed by atoms with Crippen LogP contribution in [-0.2, 0) is 16.0 Å². The summed E-state index contributed by atoms with van der Waals surface area (Å²) < 4.78 is 5.19. The molecular formula is C17H25N3O3. The Morgan fingerprint density at radius 2 is 2.13 bits per heavy atom. The van der Waals surface area contributed by atoms with Gasteiger partial charge in [-0.2, -0.15) is 0 Å². The van der Waals surface area contributed by atoms with Crippen LogP contribution in [0.15, 0.2) is 24.3 Å². The third kappa shape index (κ3) is 5.56. The largest absolute Gasteiger partial charge is 0.497 e. The molecule has 0 bridgehead atoms. The minimum Gasteiger partial charge on any atom is -0.497 e. The van der Waals surface area contributed by atoms with E-state index in [0.717, 1.165) is 24.2 Å². The van der Waals surface area contributed by atoms with Gasteiger partial charge in [-0.1, -0.05) is 12.1 Å². The molecule has 0 radical (unpaired) electrons. The van der Waals surface area contributed by atoms with Crippen LogP contribution < -0.4 is 21.1 Å². The standard InChI is InChI=1S/C17H25N3O3/c1-11(21)20-16(9-12-4-3-5-14(8-12)23-2)17(22)19-10-15(18)13-6-7-13/h3-5,8,13,15-16H,6-7,9-10,18H2,1-2H3,(H,19,22)(H,20,21). The Kier molecular flexibility index (Phi) is 5.98. The summed E-state index contributed by atoms with van der Waals surface area (Å²) >= 11 is 0. The zero-order valence-electron chi connectivity index (χ0n) is 13.7. The van der Waals surface area contributed by atoms with E-state index < -0.39 is 6.04 Å². The number of benzene rings is 1. The maximum absolute atomic E-state index is 12.4. The van der Waals surface area contributed by atoms with Crippen LogP contribution in [0.2, 0.25) is 0 Å². The van der Waals surface area contributed by atoms with Gasteiger partial charge < -0.3 is 21.1 Å². The summed E-state index contributed by atoms with van der Waals surface area (Å²) in [6.07, 6.45) is 2.67. The number of hydrogen-bond acceptors (Lipinski definition) is 4. The molecule has 6 nitrogen and oxygen atoms in total. The van der Waals surface area contributed by atoms with Crippen molar-refractivity contribution in [2.45, 2.75) is 38.3 Å². The number of rotatable bonds is 8. The van der Waals surface area contributed by atoms with Crippen molar-refractivity contribution in [3.8, 4) is 5.75 Å². The smallest absolute Gasteiger partial charge is 0.242 e. The van der Waals surface area contributed by atoms with Crippen LogP contribution in [0.25, 0.3) is 0 Å². The van der Waals surface area contributed by atoms with Gasteiger partial charge in [0.25, 0.3) is 0 Å². The van der Waals surface area contributed by atoms with Crippen molar-refractivity contribution < 1.29 is 14.3 Å². The summed E-state index contributed by atoms with van der Waals surface area (Å²) in [7, 11) is 1.59. The molecule has 2 unspecified atom stereocenters. The number of nitrogens with one attached hydrogen (secondary N) is 2. The zero-order chi connectivity index (χ0) is 16.8. The van der Waals surface area contributed by atoms with E-state index in [4.69, 9.17) is 10.5 Å². The fourth-order valence-electron chi connectivity index (χ4n) is 2.52. The normalized spacial score (nSPS) is 16.3. The molecule has 0 heterocycles. The lowest BCUT2D eigenvalue weighted by Crippen LogP contribution is -2.50. The fourth-order valence-corrected chi connectivity index (χ4v) is 2.52. The Labute approximate surface area is 136 Å². The molecule has 1 fully saturated rings. The van der Waals surface area contributed by atoms with Crippen molar-refractivity contribution in [2.75, 3.05) is 13.7 Å². The minimum absolute atomic E-state index is 0.00579. The highest BCUT2D eigenvalue weighted by Gasteiger charge is 2.29. The highest BCUT2D eigenvalue weighted by molar-refractivity contribution is 5.87. The molecule has 1 aliphatic carbocycles. The first-order chi connectivity index (χ1) is 11.0. The summed E-state index contributed by atoms with van der Waals surface area (Å²) in [6, 6.07) is 6.84. The summed E-state index contributed by atoms with van der Waals surface area (Å²) in [5, 5.41) is 5.55. The summed E-state index contributed by atoms with van der Waals surface area (Å²) in [5.74, 6) is 0.798. The predicted octanol–water partition coefficient (Wildman–Crippen LogP) is 0.596. The van der Waals surface area contributed by atoms with Gasteiger partial charge in [0.1, 0.15) is 11.8 Å². The summed E-state index contributed by atoms with van der Waals surface area (Å²) in [5.41, 5.74) is 6.92. The first-order valence-corrected chi connectivity index (χ1v) is 7.93. The average molecular weight is 319 g/mol. The third-order valence-corrected chi connectivity index (χ3v) is 4.01. The van der Waals surface area contributed by atoms with Gasteiger partial charge in [-0.05, 0) is 36.5 Å². The van der Waals surface area contributed by atoms with E-state index in [1.165, 1.54) is 6.92 Å². The Hall–Kier alpha value is -2.08. The molecule has 2 amide bonds. The van der Waals surface area contributed by atoms with Gasteiger partial charge in [0.05, 0.1) is 7.11 Å². The van der Waals surface area contributed by atoms with Crippen molar-refractivity contribution in [3.05, 3.63) is 29.8 Å². The highest BCUT2D eigenvalue weighted by atomic mass is 16.5. The molecule has 0 spiro atoms. The molecule has 1 aliphatic rings. The number of carbonyl (C=O) groups excluding carboxylic acids is 2. The number of amides is 2. The second kappa shape index (κ2) is 7.97. The zero-order valence-corrected chi connectivity index (χ0v) is 13.7. The number of nitrogens with two attached hydrogens (primary N) is 1. The molecule has 0 saturated heterocycles. The maximum Gasteiger partial charge on any atom is 0.242 e. The molecule has 1 aromatic rings. The van der Waals surface area contributed by atoms with Crippen LogP contribution in [0.3, 0.4) is 0 Å². The molecule has 4 N–H and O–H groups in total. The fraction of sp³-hybridized carbons (Fsp3) is 0.529. The van der Waals surface area contributed by atoms with Gasteiger partial charge in [-0.3, -0.25) is 9.59 Å². The Morgan fingerprint density at radius 1 is 1.39 bits per heavy atom. The van der Waals surface area contributed by atoms with Crippen LogP contribution in [0.1, 0.15) is 25.3 Å². The Balaban J connectivity index is 1.96. The van der Waals surface area contributed by atoms with Crippen LogP contribution in [-0.4, -0.2) is 37.6 Å². The molecule has 0 aromatic heterocycles. The SMILES string of the molecule is COc1cccc(CC(NC(C)=O)C(=O)NCC(N)C2CC2)c1. The molecule has 1 saturated carbocycles. The van der Waals surface area contributed by atoms with Crippen molar-refractivity contribution >= 4 is 11.8 Å². The van der Waals surface area contributed by atoms with Crippen LogP contribution >= 0.6 is 0 Å². The van der Waals surface area contributed by atoms with Crippen LogP contribution in [0, 0.1) is 5.92 Å². The van der Waals surface area contributed by atoms with Crippen LogP contribution in [0.4, 0.5) is 0 Å². The van der Waals surface area contributed by atoms with Gasteiger partial charge in [0.2, 0.25) is 11.8 Å². The summed E-state index contributed by atoms with van der Waals surface area (Å²) in [6.45, 7) is 1.85. The lowest BCUT2D eigenvalue weighted by atomic mass is 10.0. The molecule has 2 rings (SSSR count). The van der Waals surface area contributed by atoms with Gasteiger partial charge in [0, 0.05) is 25.9 Å². The van der Waals surface area contributed by atoms with Gasteiger partial charge in [-0.25, -0.2) is 0 Å².